The molecule has 0 saturated heterocycles. The van der Waals surface area contributed by atoms with Gasteiger partial charge in [-0.25, -0.2) is 0 Å². The Morgan fingerprint density at radius 2 is 0.611 bits per heavy atom. The van der Waals surface area contributed by atoms with Crippen LogP contribution in [0, 0.1) is 0 Å². The topological polar surface area (TPSA) is 34.2 Å². The van der Waals surface area contributed by atoms with E-state index in [9.17, 15) is 0 Å². The molecule has 0 aromatic heterocycles. The van der Waals surface area contributed by atoms with Crippen LogP contribution in [-0.2, 0) is 0 Å². The molecule has 0 spiro atoms. The molecule has 54 heavy (non-hydrogen) atoms. The van der Waals surface area contributed by atoms with E-state index in [1.54, 1.807) is 0 Å². The van der Waals surface area contributed by atoms with Crippen LogP contribution in [0.3, 0.4) is 0 Å². The van der Waals surface area contributed by atoms with Crippen LogP contribution in [0.1, 0.15) is 0 Å². The first-order valence-electron chi connectivity index (χ1n) is 18.2. The molecule has 0 aliphatic carbocycles. The predicted octanol–water partition coefficient (Wildman–Crippen LogP) is 10.3. The van der Waals surface area contributed by atoms with Crippen LogP contribution in [0.2, 0.25) is 0 Å². The first kappa shape index (κ1) is 30.6. The molecule has 8 aromatic carbocycles. The van der Waals surface area contributed by atoms with E-state index in [4.69, 9.17) is 14.2 Å². The van der Waals surface area contributed by atoms with E-state index >= 15 is 0 Å². The van der Waals surface area contributed by atoms with Crippen molar-refractivity contribution < 1.29 is 14.2 Å². The molecule has 0 fully saturated rings. The van der Waals surface area contributed by atoms with Gasteiger partial charge in [0.05, 0.1) is 34.2 Å². The molecule has 0 radical (unpaired) electrons. The van der Waals surface area contributed by atoms with Crippen molar-refractivity contribution in [3.05, 3.63) is 194 Å². The molecule has 5 nitrogen and oxygen atoms in total. The van der Waals surface area contributed by atoms with Gasteiger partial charge in [-0.2, -0.15) is 10.4 Å². The molecular formula is C48H32N2O3Si-. The zero-order chi connectivity index (χ0) is 35.6. The van der Waals surface area contributed by atoms with Gasteiger partial charge in [0.25, 0.3) is 0 Å². The number of hydrogen-bond donors (Lipinski definition) is 0. The molecule has 6 heteroatoms. The van der Waals surface area contributed by atoms with Crippen molar-refractivity contribution in [3.63, 3.8) is 0 Å². The maximum Gasteiger partial charge on any atom is 0.151 e. The van der Waals surface area contributed by atoms with E-state index in [1.165, 1.54) is 20.7 Å². The Kier molecular flexibility index (Phi) is 6.81. The van der Waals surface area contributed by atoms with E-state index < -0.39 is 8.07 Å². The van der Waals surface area contributed by atoms with Crippen molar-refractivity contribution in [1.82, 2.24) is 0 Å². The fourth-order valence-electron chi connectivity index (χ4n) is 8.48. The molecule has 0 unspecified atom stereocenters. The highest BCUT2D eigenvalue weighted by molar-refractivity contribution is 7.20. The van der Waals surface area contributed by atoms with Crippen LogP contribution in [-0.4, -0.2) is 8.07 Å². The highest BCUT2D eigenvalue weighted by Gasteiger charge is 2.38. The van der Waals surface area contributed by atoms with Gasteiger partial charge >= 0.3 is 0 Å². The fraction of sp³-hybridized carbons (Fsp3) is 0. The third-order valence-corrected chi connectivity index (χ3v) is 15.6. The Morgan fingerprint density at radius 3 is 0.981 bits per heavy atom. The Morgan fingerprint density at radius 1 is 0.296 bits per heavy atom. The lowest BCUT2D eigenvalue weighted by Gasteiger charge is -2.51. The molecule has 0 N–H and O–H groups in total. The molecule has 0 saturated carbocycles. The molecule has 0 bridgehead atoms. The van der Waals surface area contributed by atoms with Crippen LogP contribution in [0.25, 0.3) is 0 Å². The van der Waals surface area contributed by atoms with E-state index in [0.29, 0.717) is 0 Å². The number of anilines is 6. The minimum Gasteiger partial charge on any atom is -0.463 e. The largest absolute Gasteiger partial charge is 0.463 e. The van der Waals surface area contributed by atoms with E-state index in [0.717, 1.165) is 68.6 Å². The van der Waals surface area contributed by atoms with Crippen molar-refractivity contribution in [1.29, 1.82) is 0 Å². The van der Waals surface area contributed by atoms with Gasteiger partial charge in [-0.3, -0.25) is 0 Å². The SMILES string of the molecule is c1ccc([Si-]2(c3ccccc3)c3ccc(N4c5ccccc5Oc5ccccc54)cc3Oc3cc(N4c5ccccc5Oc5ccccc54)ccc32)cc1. The Balaban J connectivity index is 1.16. The van der Waals surface area contributed by atoms with E-state index in [1.807, 2.05) is 48.5 Å². The first-order chi connectivity index (χ1) is 26.8. The maximum atomic E-state index is 7.21. The number of ether oxygens (including phenoxy) is 3. The summed E-state index contributed by atoms with van der Waals surface area (Å²) in [5.41, 5.74) is 5.92. The Hall–Kier alpha value is -7.02. The second-order valence-corrected chi connectivity index (χ2v) is 17.4. The average molecular weight is 713 g/mol. The second kappa shape index (κ2) is 12.0. The number of nitrogens with zero attached hydrogens (tertiary/aromatic N) is 2. The molecule has 3 heterocycles. The van der Waals surface area contributed by atoms with Crippen LogP contribution in [0.4, 0.5) is 34.1 Å². The Bertz CT molecular complexity index is 2460. The lowest BCUT2D eigenvalue weighted by Crippen LogP contribution is -2.76. The van der Waals surface area contributed by atoms with Gasteiger partial charge in [0.1, 0.15) is 0 Å². The summed E-state index contributed by atoms with van der Waals surface area (Å²) in [5, 5.41) is 5.01. The van der Waals surface area contributed by atoms with Gasteiger partial charge in [0.15, 0.2) is 23.0 Å². The molecule has 257 valence electrons. The van der Waals surface area contributed by atoms with Gasteiger partial charge in [-0.1, -0.05) is 121 Å². The van der Waals surface area contributed by atoms with E-state index in [2.05, 4.69) is 155 Å². The summed E-state index contributed by atoms with van der Waals surface area (Å²) in [7, 11) is -2.92. The summed E-state index contributed by atoms with van der Waals surface area (Å²) in [6, 6.07) is 68.4. The zero-order valence-electron chi connectivity index (χ0n) is 29.1. The number of para-hydroxylation sites is 8. The summed E-state index contributed by atoms with van der Waals surface area (Å²) in [5.74, 6) is 4.95. The first-order valence-corrected chi connectivity index (χ1v) is 20.2. The fourth-order valence-corrected chi connectivity index (χ4v) is 13.4. The maximum absolute atomic E-state index is 7.21. The summed E-state index contributed by atoms with van der Waals surface area (Å²) < 4.78 is 20.0. The van der Waals surface area contributed by atoms with Gasteiger partial charge in [-0.15, -0.1) is 10.4 Å². The molecule has 3 aliphatic rings. The van der Waals surface area contributed by atoms with Crippen molar-refractivity contribution in [2.75, 3.05) is 9.80 Å². The number of hydrogen-bond acceptors (Lipinski definition) is 5. The average Bonchev–Trinajstić information content (AvgIpc) is 3.24. The highest BCUT2D eigenvalue weighted by Crippen LogP contribution is 2.52. The minimum atomic E-state index is -2.92. The van der Waals surface area contributed by atoms with Gasteiger partial charge in [0.2, 0.25) is 0 Å². The Labute approximate surface area is 314 Å². The zero-order valence-corrected chi connectivity index (χ0v) is 30.1. The van der Waals surface area contributed by atoms with E-state index in [-0.39, 0.29) is 0 Å². The van der Waals surface area contributed by atoms with Crippen LogP contribution >= 0.6 is 0 Å². The summed E-state index contributed by atoms with van der Waals surface area (Å²) in [4.78, 5) is 4.55. The standard InChI is InChI=1S/C48H32N2O3Si/c1-3-15-35(16-4-1)54(36-17-5-2-6-18-36)47-29-27-33(49-37-19-7-11-23-41(37)51-42-24-12-8-20-38(42)49)31-45(47)53-46-32-34(28-30-48(46)54)50-39-21-9-13-25-43(39)52-44-26-14-10-22-40(44)50/h1-32H/q-1. The number of fused-ring (bicyclic) bond motifs is 6. The van der Waals surface area contributed by atoms with Gasteiger partial charge < -0.3 is 24.0 Å². The predicted molar refractivity (Wildman–Crippen MR) is 220 cm³/mol. The molecule has 3 aliphatic heterocycles. The lowest BCUT2D eigenvalue weighted by molar-refractivity contribution is 0.476. The minimum absolute atomic E-state index is 0.813. The lowest BCUT2D eigenvalue weighted by atomic mass is 10.1. The summed E-state index contributed by atoms with van der Waals surface area (Å²) in [6.45, 7) is 0. The number of benzene rings is 8. The smallest absolute Gasteiger partial charge is 0.151 e. The van der Waals surface area contributed by atoms with Crippen LogP contribution in [0.15, 0.2) is 194 Å². The summed E-state index contributed by atoms with van der Waals surface area (Å²) in [6.07, 6.45) is 0. The van der Waals surface area contributed by atoms with Crippen LogP contribution in [0.5, 0.6) is 34.5 Å². The third kappa shape index (κ3) is 4.50. The molecular weight excluding hydrogens is 681 g/mol. The highest BCUT2D eigenvalue weighted by atomic mass is 28.3. The van der Waals surface area contributed by atoms with Gasteiger partial charge in [-0.05, 0) is 68.7 Å². The molecule has 11 rings (SSSR count). The number of rotatable bonds is 4. The molecule has 8 aromatic rings. The van der Waals surface area contributed by atoms with Crippen molar-refractivity contribution >= 4 is 62.9 Å². The van der Waals surface area contributed by atoms with Crippen molar-refractivity contribution in [2.45, 2.75) is 0 Å². The normalized spacial score (nSPS) is 14.1. The second-order valence-electron chi connectivity index (χ2n) is 13.7. The van der Waals surface area contributed by atoms with Gasteiger partial charge in [0, 0.05) is 23.5 Å². The van der Waals surface area contributed by atoms with Crippen LogP contribution < -0.4 is 44.8 Å². The van der Waals surface area contributed by atoms with Crippen molar-refractivity contribution in [2.24, 2.45) is 0 Å². The molecule has 0 atom stereocenters. The third-order valence-electron chi connectivity index (χ3n) is 10.8. The van der Waals surface area contributed by atoms with Crippen molar-refractivity contribution in [3.8, 4) is 34.5 Å². The monoisotopic (exact) mass is 712 g/mol. The molecule has 0 amide bonds. The quantitative estimate of drug-likeness (QED) is 0.170. The summed E-state index contributed by atoms with van der Waals surface area (Å²) >= 11 is 0.